The van der Waals surface area contributed by atoms with E-state index in [0.29, 0.717) is 0 Å². The van der Waals surface area contributed by atoms with Crippen LogP contribution in [0.2, 0.25) is 0 Å². The van der Waals surface area contributed by atoms with Crippen LogP contribution in [-0.4, -0.2) is 34.6 Å². The van der Waals surface area contributed by atoms with Crippen LogP contribution in [0, 0.1) is 5.82 Å². The molecule has 8 heteroatoms. The largest absolute Gasteiger partial charge is 0.598 e. The summed E-state index contributed by atoms with van der Waals surface area (Å²) in [4.78, 5) is 12.9. The third kappa shape index (κ3) is 4.99. The van der Waals surface area contributed by atoms with E-state index < -0.39 is 22.2 Å². The maximum absolute atomic E-state index is 13.8. The van der Waals surface area contributed by atoms with Gasteiger partial charge in [0.25, 0.3) is 0 Å². The summed E-state index contributed by atoms with van der Waals surface area (Å²) < 4.78 is 33.7. The average molecular weight is 371 g/mol. The monoisotopic (exact) mass is 371 g/mol. The predicted octanol–water partition coefficient (Wildman–Crippen LogP) is 2.61. The second kappa shape index (κ2) is 7.80. The topological polar surface area (TPSA) is 90.7 Å². The van der Waals surface area contributed by atoms with Gasteiger partial charge in [-0.1, -0.05) is 0 Å². The van der Waals surface area contributed by atoms with Gasteiger partial charge in [-0.15, -0.1) is 4.72 Å². The molecule has 1 heterocycles. The first-order chi connectivity index (χ1) is 11.6. The highest BCUT2D eigenvalue weighted by molar-refractivity contribution is 7.90. The van der Waals surface area contributed by atoms with E-state index in [1.165, 1.54) is 12.1 Å². The zero-order valence-corrected chi connectivity index (χ0v) is 15.9. The molecule has 0 spiro atoms. The van der Waals surface area contributed by atoms with Gasteiger partial charge in [0.1, 0.15) is 17.2 Å². The van der Waals surface area contributed by atoms with Gasteiger partial charge < -0.3 is 19.9 Å². The highest BCUT2D eigenvalue weighted by Crippen LogP contribution is 2.34. The van der Waals surface area contributed by atoms with Crippen LogP contribution in [0.4, 0.5) is 14.9 Å². The minimum Gasteiger partial charge on any atom is -0.598 e. The minimum atomic E-state index is -1.28. The number of amides is 1. The minimum absolute atomic E-state index is 0.0111. The summed E-state index contributed by atoms with van der Waals surface area (Å²) in [6.07, 6.45) is 0.0570. The third-order valence-electron chi connectivity index (χ3n) is 4.17. The van der Waals surface area contributed by atoms with Crippen molar-refractivity contribution in [2.24, 2.45) is 5.73 Å². The second-order valence-corrected chi connectivity index (χ2v) is 9.19. The number of halogens is 1. The Hall–Kier alpha value is -1.51. The first-order valence-electron chi connectivity index (χ1n) is 8.26. The summed E-state index contributed by atoms with van der Waals surface area (Å²) in [5, 5.41) is 0. The van der Waals surface area contributed by atoms with Crippen LogP contribution in [0.3, 0.4) is 0 Å². The van der Waals surface area contributed by atoms with Crippen molar-refractivity contribution in [3.63, 3.8) is 0 Å². The van der Waals surface area contributed by atoms with Crippen molar-refractivity contribution in [1.29, 1.82) is 0 Å². The maximum Gasteiger partial charge on any atom is 0.404 e. The van der Waals surface area contributed by atoms with Crippen molar-refractivity contribution < 1.29 is 18.5 Å². The van der Waals surface area contributed by atoms with Crippen LogP contribution in [0.1, 0.15) is 45.7 Å². The third-order valence-corrected chi connectivity index (χ3v) is 5.85. The molecule has 0 radical (unpaired) electrons. The number of hydrogen-bond donors (Lipinski definition) is 2. The molecule has 2 rings (SSSR count). The Morgan fingerprint density at radius 1 is 1.56 bits per heavy atom. The average Bonchev–Trinajstić information content (AvgIpc) is 2.46. The van der Waals surface area contributed by atoms with Crippen molar-refractivity contribution in [3.8, 4) is 0 Å². The van der Waals surface area contributed by atoms with Gasteiger partial charge in [0.15, 0.2) is 0 Å². The van der Waals surface area contributed by atoms with E-state index in [9.17, 15) is 13.7 Å². The van der Waals surface area contributed by atoms with Crippen molar-refractivity contribution >= 4 is 23.1 Å². The standard InChI is InChI=1S/C17H26FN3O3S/c1-11(20-25(23)17(2,3)4)14-9-12(18)5-6-15(14)21-8-7-13(21)10-24-16(19)22/h5-6,9,11,13,20H,7-8,10H2,1-4H3,(H2,19,22)/t11-,13?,25-/m1/s1. The van der Waals surface area contributed by atoms with E-state index in [2.05, 4.69) is 9.62 Å². The van der Waals surface area contributed by atoms with Gasteiger partial charge in [-0.05, 0) is 57.9 Å². The lowest BCUT2D eigenvalue weighted by atomic mass is 9.98. The van der Waals surface area contributed by atoms with E-state index >= 15 is 0 Å². The summed E-state index contributed by atoms with van der Waals surface area (Å²) in [5.41, 5.74) is 6.59. The molecule has 3 atom stereocenters. The van der Waals surface area contributed by atoms with Gasteiger partial charge in [0.05, 0.1) is 12.1 Å². The number of rotatable bonds is 6. The SMILES string of the molecule is C[C@@H](N[S@+]([O-])C(C)(C)C)c1cc(F)ccc1N1CCC1COC(N)=O. The smallest absolute Gasteiger partial charge is 0.404 e. The van der Waals surface area contributed by atoms with Crippen molar-refractivity contribution in [3.05, 3.63) is 29.6 Å². The molecule has 0 saturated carbocycles. The molecule has 1 aromatic carbocycles. The van der Waals surface area contributed by atoms with E-state index in [1.807, 2.05) is 27.7 Å². The summed E-state index contributed by atoms with van der Waals surface area (Å²) >= 11 is -1.28. The van der Waals surface area contributed by atoms with Crippen LogP contribution in [0.15, 0.2) is 18.2 Å². The molecule has 1 aromatic rings. The zero-order valence-electron chi connectivity index (χ0n) is 15.0. The molecule has 25 heavy (non-hydrogen) atoms. The van der Waals surface area contributed by atoms with Crippen molar-refractivity contribution in [1.82, 2.24) is 4.72 Å². The molecule has 1 fully saturated rings. The van der Waals surface area contributed by atoms with Gasteiger partial charge in [-0.3, -0.25) is 0 Å². The molecular formula is C17H26FN3O3S. The van der Waals surface area contributed by atoms with Crippen LogP contribution in [-0.2, 0) is 16.1 Å². The zero-order chi connectivity index (χ0) is 18.8. The van der Waals surface area contributed by atoms with Crippen LogP contribution in [0.25, 0.3) is 0 Å². The lowest BCUT2D eigenvalue weighted by molar-refractivity contribution is 0.138. The molecular weight excluding hydrogens is 345 g/mol. The fourth-order valence-electron chi connectivity index (χ4n) is 2.64. The van der Waals surface area contributed by atoms with Gasteiger partial charge >= 0.3 is 6.09 Å². The van der Waals surface area contributed by atoms with Gasteiger partial charge in [-0.2, -0.15) is 0 Å². The Morgan fingerprint density at radius 3 is 2.76 bits per heavy atom. The fourth-order valence-corrected chi connectivity index (χ4v) is 3.45. The molecule has 1 amide bonds. The molecule has 1 saturated heterocycles. The number of carbonyl (C=O) groups excluding carboxylic acids is 1. The van der Waals surface area contributed by atoms with Gasteiger partial charge in [0, 0.05) is 23.6 Å². The lowest BCUT2D eigenvalue weighted by Crippen LogP contribution is -2.51. The fraction of sp³-hybridized carbons (Fsp3) is 0.588. The van der Waals surface area contributed by atoms with Crippen molar-refractivity contribution in [2.45, 2.75) is 50.9 Å². The number of primary amides is 1. The number of benzene rings is 1. The number of nitrogens with two attached hydrogens (primary N) is 1. The van der Waals surface area contributed by atoms with Gasteiger partial charge in [0.2, 0.25) is 0 Å². The molecule has 1 aliphatic rings. The Kier molecular flexibility index (Phi) is 6.18. The Labute approximate surface area is 151 Å². The Balaban J connectivity index is 2.18. The number of nitrogens with zero attached hydrogens (tertiary/aromatic N) is 1. The molecule has 6 nitrogen and oxygen atoms in total. The molecule has 0 aromatic heterocycles. The number of nitrogens with one attached hydrogen (secondary N) is 1. The van der Waals surface area contributed by atoms with Crippen molar-refractivity contribution in [2.75, 3.05) is 18.1 Å². The molecule has 0 aliphatic carbocycles. The van der Waals surface area contributed by atoms with Crippen LogP contribution >= 0.6 is 0 Å². The second-order valence-electron chi connectivity index (χ2n) is 7.19. The Bertz CT molecular complexity index is 624. The first-order valence-corrected chi connectivity index (χ1v) is 9.41. The van der Waals surface area contributed by atoms with Gasteiger partial charge in [-0.25, -0.2) is 9.18 Å². The van der Waals surface area contributed by atoms with Crippen LogP contribution < -0.4 is 15.4 Å². The molecule has 1 unspecified atom stereocenters. The number of hydrogen-bond acceptors (Lipinski definition) is 5. The predicted molar refractivity (Wildman–Crippen MR) is 97.1 cm³/mol. The van der Waals surface area contributed by atoms with E-state index in [4.69, 9.17) is 10.5 Å². The van der Waals surface area contributed by atoms with E-state index in [-0.39, 0.29) is 24.5 Å². The summed E-state index contributed by atoms with van der Waals surface area (Å²) in [7, 11) is 0. The highest BCUT2D eigenvalue weighted by Gasteiger charge is 2.33. The number of carbonyl (C=O) groups is 1. The summed E-state index contributed by atoms with van der Waals surface area (Å²) in [5.74, 6) is -0.348. The molecule has 1 aliphatic heterocycles. The summed E-state index contributed by atoms with van der Waals surface area (Å²) in [6, 6.07) is 4.27. The number of anilines is 1. The van der Waals surface area contributed by atoms with E-state index in [0.717, 1.165) is 24.2 Å². The van der Waals surface area contributed by atoms with E-state index in [1.54, 1.807) is 6.07 Å². The maximum atomic E-state index is 13.8. The Morgan fingerprint density at radius 2 is 2.24 bits per heavy atom. The molecule has 3 N–H and O–H groups in total. The normalized spacial score (nSPS) is 19.9. The highest BCUT2D eigenvalue weighted by atomic mass is 32.2. The first kappa shape index (κ1) is 19.8. The van der Waals surface area contributed by atoms with Crippen LogP contribution in [0.5, 0.6) is 0 Å². The summed E-state index contributed by atoms with van der Waals surface area (Å²) in [6.45, 7) is 8.46. The molecule has 0 bridgehead atoms. The molecule has 140 valence electrons. The number of ether oxygens (including phenoxy) is 1. The quantitative estimate of drug-likeness (QED) is 0.750. The lowest BCUT2D eigenvalue weighted by Gasteiger charge is -2.43.